The monoisotopic (exact) mass is 312 g/mol. The van der Waals surface area contributed by atoms with E-state index in [2.05, 4.69) is 12.2 Å². The number of halogens is 1. The van der Waals surface area contributed by atoms with Crippen molar-refractivity contribution >= 4 is 23.2 Å². The van der Waals surface area contributed by atoms with Gasteiger partial charge in [-0.2, -0.15) is 0 Å². The van der Waals surface area contributed by atoms with Crippen LogP contribution in [0.5, 0.6) is 0 Å². The summed E-state index contributed by atoms with van der Waals surface area (Å²) in [7, 11) is 0. The Bertz CT molecular complexity index is 500. The molecule has 116 valence electrons. The third-order valence-electron chi connectivity index (χ3n) is 3.43. The quantitative estimate of drug-likeness (QED) is 0.452. The van der Waals surface area contributed by atoms with E-state index >= 15 is 0 Å². The number of nitro groups is 1. The van der Waals surface area contributed by atoms with Crippen LogP contribution in [0, 0.1) is 23.0 Å². The van der Waals surface area contributed by atoms with Crippen LogP contribution in [0.25, 0.3) is 0 Å². The number of nitro benzene ring substituents is 1. The number of rotatable bonds is 8. The van der Waals surface area contributed by atoms with E-state index in [1.54, 1.807) is 19.1 Å². The molecule has 1 aromatic rings. The first-order valence-corrected chi connectivity index (χ1v) is 7.62. The lowest BCUT2D eigenvalue weighted by atomic mass is 10.0. The van der Waals surface area contributed by atoms with Gasteiger partial charge < -0.3 is 5.32 Å². The topological polar surface area (TPSA) is 72.2 Å². The molecule has 0 aromatic heterocycles. The normalized spacial score (nSPS) is 12.0. The molecule has 0 radical (unpaired) electrons. The highest BCUT2D eigenvalue weighted by atomic mass is 35.5. The molecule has 1 unspecified atom stereocenters. The molecule has 1 aromatic carbocycles. The minimum atomic E-state index is -0.507. The standard InChI is InChI=1S/C15H21ClN2O3/c1-3-5-12(8-9-16)10-17-15(19)13-7-4-6-11(2)14(13)18(20)21/h4,6-7,12H,3,5,8-10H2,1-2H3,(H,17,19). The minimum absolute atomic E-state index is 0.112. The van der Waals surface area contributed by atoms with Crippen LogP contribution in [-0.4, -0.2) is 23.3 Å². The summed E-state index contributed by atoms with van der Waals surface area (Å²) >= 11 is 5.75. The van der Waals surface area contributed by atoms with Gasteiger partial charge in [-0.05, 0) is 31.7 Å². The number of nitrogens with one attached hydrogen (secondary N) is 1. The first-order valence-electron chi connectivity index (χ1n) is 7.09. The van der Waals surface area contributed by atoms with E-state index in [9.17, 15) is 14.9 Å². The van der Waals surface area contributed by atoms with Gasteiger partial charge in [0.05, 0.1) is 4.92 Å². The average Bonchev–Trinajstić information content (AvgIpc) is 2.44. The largest absolute Gasteiger partial charge is 0.352 e. The summed E-state index contributed by atoms with van der Waals surface area (Å²) in [5.74, 6) is 0.451. The molecular formula is C15H21ClN2O3. The van der Waals surface area contributed by atoms with Crippen LogP contribution in [0.15, 0.2) is 18.2 Å². The third-order valence-corrected chi connectivity index (χ3v) is 3.65. The van der Waals surface area contributed by atoms with Crippen LogP contribution >= 0.6 is 11.6 Å². The van der Waals surface area contributed by atoms with Gasteiger partial charge in [0.1, 0.15) is 5.56 Å². The van der Waals surface area contributed by atoms with Gasteiger partial charge >= 0.3 is 0 Å². The van der Waals surface area contributed by atoms with Crippen LogP contribution < -0.4 is 5.32 Å². The molecule has 0 bridgehead atoms. The van der Waals surface area contributed by atoms with Gasteiger partial charge in [-0.3, -0.25) is 14.9 Å². The fraction of sp³-hybridized carbons (Fsp3) is 0.533. The predicted octanol–water partition coefficient (Wildman–Crippen LogP) is 3.68. The second-order valence-corrected chi connectivity index (χ2v) is 5.45. The smallest absolute Gasteiger partial charge is 0.285 e. The van der Waals surface area contributed by atoms with Gasteiger partial charge in [-0.15, -0.1) is 11.6 Å². The number of benzene rings is 1. The van der Waals surface area contributed by atoms with E-state index in [0.717, 1.165) is 19.3 Å². The molecule has 0 spiro atoms. The molecule has 0 aliphatic heterocycles. The Labute approximate surface area is 129 Å². The second-order valence-electron chi connectivity index (χ2n) is 5.07. The number of aryl methyl sites for hydroxylation is 1. The Balaban J connectivity index is 2.80. The summed E-state index contributed by atoms with van der Waals surface area (Å²) in [5, 5.41) is 13.9. The SMILES string of the molecule is CCCC(CCCl)CNC(=O)c1cccc(C)c1[N+](=O)[O-]. The van der Waals surface area contributed by atoms with Gasteiger partial charge in [-0.1, -0.05) is 25.5 Å². The van der Waals surface area contributed by atoms with Crippen LogP contribution in [0.4, 0.5) is 5.69 Å². The number of nitrogens with zero attached hydrogens (tertiary/aromatic N) is 1. The molecule has 6 heteroatoms. The van der Waals surface area contributed by atoms with E-state index in [1.807, 2.05) is 0 Å². The molecule has 0 heterocycles. The highest BCUT2D eigenvalue weighted by molar-refractivity contribution is 6.17. The molecule has 21 heavy (non-hydrogen) atoms. The number of amides is 1. The van der Waals surface area contributed by atoms with E-state index < -0.39 is 10.8 Å². The van der Waals surface area contributed by atoms with Crippen LogP contribution in [0.2, 0.25) is 0 Å². The zero-order valence-electron chi connectivity index (χ0n) is 12.4. The van der Waals surface area contributed by atoms with Crippen molar-refractivity contribution in [1.82, 2.24) is 5.32 Å². The number of alkyl halides is 1. The molecule has 0 saturated carbocycles. The summed E-state index contributed by atoms with van der Waals surface area (Å²) in [4.78, 5) is 22.8. The summed E-state index contributed by atoms with van der Waals surface area (Å²) in [6.07, 6.45) is 2.82. The highest BCUT2D eigenvalue weighted by Gasteiger charge is 2.22. The lowest BCUT2D eigenvalue weighted by molar-refractivity contribution is -0.385. The van der Waals surface area contributed by atoms with Crippen LogP contribution in [-0.2, 0) is 0 Å². The molecule has 1 atom stereocenters. The Morgan fingerprint density at radius 1 is 1.43 bits per heavy atom. The summed E-state index contributed by atoms with van der Waals surface area (Å²) in [6.45, 7) is 4.20. The van der Waals surface area contributed by atoms with Gasteiger partial charge in [0.15, 0.2) is 0 Å². The summed E-state index contributed by atoms with van der Waals surface area (Å²) in [5.41, 5.74) is 0.471. The van der Waals surface area contributed by atoms with Crippen molar-refractivity contribution in [1.29, 1.82) is 0 Å². The number of carbonyl (C=O) groups is 1. The number of hydrogen-bond donors (Lipinski definition) is 1. The molecule has 0 fully saturated rings. The Hall–Kier alpha value is -1.62. The first kappa shape index (κ1) is 17.4. The van der Waals surface area contributed by atoms with Crippen molar-refractivity contribution in [2.24, 2.45) is 5.92 Å². The Kier molecular flexibility index (Phi) is 7.15. The highest BCUT2D eigenvalue weighted by Crippen LogP contribution is 2.23. The number of para-hydroxylation sites is 1. The average molecular weight is 313 g/mol. The molecule has 1 N–H and O–H groups in total. The second kappa shape index (κ2) is 8.62. The molecule has 5 nitrogen and oxygen atoms in total. The third kappa shape index (κ3) is 5.01. The van der Waals surface area contributed by atoms with Gasteiger partial charge in [0.25, 0.3) is 11.6 Å². The van der Waals surface area contributed by atoms with Gasteiger partial charge in [0.2, 0.25) is 0 Å². The van der Waals surface area contributed by atoms with Crippen LogP contribution in [0.3, 0.4) is 0 Å². The Morgan fingerprint density at radius 2 is 2.14 bits per heavy atom. The molecule has 0 aliphatic rings. The predicted molar refractivity (Wildman–Crippen MR) is 83.9 cm³/mol. The van der Waals surface area contributed by atoms with E-state index in [0.29, 0.717) is 23.9 Å². The molecule has 1 amide bonds. The maximum absolute atomic E-state index is 12.2. The molecule has 0 aliphatic carbocycles. The van der Waals surface area contributed by atoms with Crippen molar-refractivity contribution in [2.45, 2.75) is 33.1 Å². The van der Waals surface area contributed by atoms with Gasteiger partial charge in [0, 0.05) is 18.0 Å². The van der Waals surface area contributed by atoms with Crippen molar-refractivity contribution in [3.63, 3.8) is 0 Å². The molecule has 1 rings (SSSR count). The Morgan fingerprint density at radius 3 is 2.71 bits per heavy atom. The van der Waals surface area contributed by atoms with E-state index in [1.165, 1.54) is 6.07 Å². The summed E-state index contributed by atoms with van der Waals surface area (Å²) in [6, 6.07) is 4.76. The van der Waals surface area contributed by atoms with E-state index in [-0.39, 0.29) is 11.3 Å². The fourth-order valence-electron chi connectivity index (χ4n) is 2.33. The van der Waals surface area contributed by atoms with E-state index in [4.69, 9.17) is 11.6 Å². The minimum Gasteiger partial charge on any atom is -0.352 e. The van der Waals surface area contributed by atoms with Crippen molar-refractivity contribution < 1.29 is 9.72 Å². The number of hydrogen-bond acceptors (Lipinski definition) is 3. The molecular weight excluding hydrogens is 292 g/mol. The van der Waals surface area contributed by atoms with Crippen molar-refractivity contribution in [3.05, 3.63) is 39.4 Å². The van der Waals surface area contributed by atoms with Crippen molar-refractivity contribution in [3.8, 4) is 0 Å². The lowest BCUT2D eigenvalue weighted by Gasteiger charge is -2.15. The fourth-order valence-corrected chi connectivity index (χ4v) is 2.64. The zero-order chi connectivity index (χ0) is 15.8. The van der Waals surface area contributed by atoms with Crippen LogP contribution in [0.1, 0.15) is 42.1 Å². The first-order chi connectivity index (χ1) is 10.0. The number of carbonyl (C=O) groups excluding carboxylic acids is 1. The lowest BCUT2D eigenvalue weighted by Crippen LogP contribution is -2.30. The van der Waals surface area contributed by atoms with Gasteiger partial charge in [-0.25, -0.2) is 0 Å². The maximum atomic E-state index is 12.2. The maximum Gasteiger partial charge on any atom is 0.285 e. The van der Waals surface area contributed by atoms with Crippen molar-refractivity contribution in [2.75, 3.05) is 12.4 Å². The zero-order valence-corrected chi connectivity index (χ0v) is 13.2. The summed E-state index contributed by atoms with van der Waals surface area (Å²) < 4.78 is 0. The molecule has 0 saturated heterocycles.